The van der Waals surface area contributed by atoms with Gasteiger partial charge >= 0.3 is 6.03 Å². The molecule has 4 aromatic carbocycles. The molecular formula is C36H39N5O6. The molecule has 0 saturated heterocycles. The normalized spacial score (nSPS) is 10.5. The summed E-state index contributed by atoms with van der Waals surface area (Å²) in [5.74, 6) is -1.08. The Morgan fingerprint density at radius 1 is 0.723 bits per heavy atom. The Balaban J connectivity index is 1.53. The van der Waals surface area contributed by atoms with Crippen LogP contribution in [0.2, 0.25) is 0 Å². The highest BCUT2D eigenvalue weighted by molar-refractivity contribution is 6.06. The van der Waals surface area contributed by atoms with Crippen molar-refractivity contribution in [2.24, 2.45) is 0 Å². The molecule has 3 N–H and O–H groups in total. The van der Waals surface area contributed by atoms with Gasteiger partial charge in [0.15, 0.2) is 6.61 Å². The van der Waals surface area contributed by atoms with Crippen LogP contribution in [0.1, 0.15) is 16.7 Å². The molecule has 0 unspecified atom stereocenters. The van der Waals surface area contributed by atoms with Gasteiger partial charge in [-0.25, -0.2) is 4.79 Å². The number of hydrogen-bond donors (Lipinski definition) is 3. The van der Waals surface area contributed by atoms with Crippen molar-refractivity contribution in [2.45, 2.75) is 20.5 Å². The number of nitrogens with zero attached hydrogens (tertiary/aromatic N) is 3. The lowest BCUT2D eigenvalue weighted by Gasteiger charge is -2.27. The highest BCUT2D eigenvalue weighted by atomic mass is 16.5. The number of carbonyl (C=O) groups excluding carboxylic acids is 4. The number of likely N-dealkylation sites (N-methyl/N-ethyl adjacent to an activating group) is 2. The monoisotopic (exact) mass is 637 g/mol. The maximum Gasteiger partial charge on any atom is 0.319 e. The standard InChI is InChI=1S/C36H39N5O6/c1-25-17-26(2)19-30(18-25)40(4)35(45)24-47-32-16-9-8-15-31(32)41(22-34(44)39(3)29-13-6-5-7-14-29)33(43)21-37-36(46)38-28-12-10-11-27(20-28)23-42/h5-20,42H,21-24H2,1-4H3,(H2,37,38,46). The van der Waals surface area contributed by atoms with Crippen LogP contribution in [-0.2, 0) is 21.0 Å². The van der Waals surface area contributed by atoms with Gasteiger partial charge < -0.3 is 30.3 Å². The molecule has 0 aliphatic rings. The second kappa shape index (κ2) is 16.1. The Labute approximate surface area is 274 Å². The summed E-state index contributed by atoms with van der Waals surface area (Å²) in [5.41, 5.74) is 4.71. The molecule has 47 heavy (non-hydrogen) atoms. The van der Waals surface area contributed by atoms with Crippen molar-refractivity contribution in [3.63, 3.8) is 0 Å². The first-order valence-electron chi connectivity index (χ1n) is 15.0. The van der Waals surface area contributed by atoms with E-state index in [1.54, 1.807) is 86.9 Å². The van der Waals surface area contributed by atoms with E-state index in [4.69, 9.17) is 4.74 Å². The zero-order valence-electron chi connectivity index (χ0n) is 26.9. The van der Waals surface area contributed by atoms with Gasteiger partial charge in [0.05, 0.1) is 18.8 Å². The number of aliphatic hydroxyl groups excluding tert-OH is 1. The van der Waals surface area contributed by atoms with E-state index in [2.05, 4.69) is 10.6 Å². The average Bonchev–Trinajstić information content (AvgIpc) is 3.07. The average molecular weight is 638 g/mol. The van der Waals surface area contributed by atoms with Crippen LogP contribution in [0.4, 0.5) is 27.5 Å². The fourth-order valence-electron chi connectivity index (χ4n) is 4.85. The molecule has 5 amide bonds. The van der Waals surface area contributed by atoms with Crippen LogP contribution < -0.4 is 30.1 Å². The van der Waals surface area contributed by atoms with Crippen LogP contribution in [0.5, 0.6) is 5.75 Å². The summed E-state index contributed by atoms with van der Waals surface area (Å²) in [5, 5.41) is 14.5. The van der Waals surface area contributed by atoms with Crippen LogP contribution in [0.25, 0.3) is 0 Å². The van der Waals surface area contributed by atoms with E-state index in [1.807, 2.05) is 38.1 Å². The van der Waals surface area contributed by atoms with Crippen molar-refractivity contribution >= 4 is 46.5 Å². The highest BCUT2D eigenvalue weighted by Crippen LogP contribution is 2.29. The SMILES string of the molecule is Cc1cc(C)cc(N(C)C(=O)COc2ccccc2N(CC(=O)N(C)c2ccccc2)C(=O)CNC(=O)Nc2cccc(CO)c2)c1. The molecule has 0 aliphatic heterocycles. The molecule has 0 fully saturated rings. The number of urea groups is 1. The largest absolute Gasteiger partial charge is 0.482 e. The molecule has 0 bridgehead atoms. The minimum Gasteiger partial charge on any atom is -0.482 e. The second-order valence-corrected chi connectivity index (χ2v) is 11.0. The van der Waals surface area contributed by atoms with E-state index in [0.29, 0.717) is 16.9 Å². The molecular weight excluding hydrogens is 598 g/mol. The number of rotatable bonds is 12. The summed E-state index contributed by atoms with van der Waals surface area (Å²) >= 11 is 0. The lowest BCUT2D eigenvalue weighted by Crippen LogP contribution is -2.46. The van der Waals surface area contributed by atoms with Crippen molar-refractivity contribution in [3.05, 3.63) is 114 Å². The fraction of sp³-hybridized carbons (Fsp3) is 0.222. The van der Waals surface area contributed by atoms with Crippen LogP contribution in [0.15, 0.2) is 97.1 Å². The predicted octanol–water partition coefficient (Wildman–Crippen LogP) is 4.66. The number of hydrogen-bond acceptors (Lipinski definition) is 6. The number of carbonyl (C=O) groups is 4. The van der Waals surface area contributed by atoms with Gasteiger partial charge in [-0.3, -0.25) is 19.3 Å². The van der Waals surface area contributed by atoms with E-state index >= 15 is 0 Å². The summed E-state index contributed by atoms with van der Waals surface area (Å²) in [6.07, 6.45) is 0. The van der Waals surface area contributed by atoms with Crippen molar-refractivity contribution in [1.29, 1.82) is 0 Å². The zero-order chi connectivity index (χ0) is 33.9. The Morgan fingerprint density at radius 2 is 1.38 bits per heavy atom. The van der Waals surface area contributed by atoms with Crippen molar-refractivity contribution < 1.29 is 29.0 Å². The summed E-state index contributed by atoms with van der Waals surface area (Å²) in [4.78, 5) is 57.1. The first-order valence-corrected chi connectivity index (χ1v) is 15.0. The molecule has 0 spiro atoms. The van der Waals surface area contributed by atoms with Gasteiger partial charge in [0.25, 0.3) is 5.91 Å². The molecule has 4 rings (SSSR count). The van der Waals surface area contributed by atoms with Gasteiger partial charge in [-0.15, -0.1) is 0 Å². The Hall–Kier alpha value is -5.68. The zero-order valence-corrected chi connectivity index (χ0v) is 26.9. The summed E-state index contributed by atoms with van der Waals surface area (Å²) < 4.78 is 5.96. The molecule has 0 radical (unpaired) electrons. The molecule has 0 aliphatic carbocycles. The maximum atomic E-state index is 13.7. The van der Waals surface area contributed by atoms with E-state index in [0.717, 1.165) is 16.8 Å². The lowest BCUT2D eigenvalue weighted by atomic mass is 10.1. The summed E-state index contributed by atoms with van der Waals surface area (Å²) in [7, 11) is 3.27. The third-order valence-corrected chi connectivity index (χ3v) is 7.35. The number of amides is 5. The molecule has 244 valence electrons. The molecule has 0 atom stereocenters. The summed E-state index contributed by atoms with van der Waals surface area (Å²) in [6, 6.07) is 27.4. The number of nitrogens with one attached hydrogen (secondary N) is 2. The van der Waals surface area contributed by atoms with E-state index in [9.17, 15) is 24.3 Å². The fourth-order valence-corrected chi connectivity index (χ4v) is 4.85. The topological polar surface area (TPSA) is 132 Å². The minimum absolute atomic E-state index is 0.189. The molecule has 0 heterocycles. The number of aliphatic hydroxyl groups is 1. The molecule has 11 heteroatoms. The van der Waals surface area contributed by atoms with Crippen LogP contribution in [0.3, 0.4) is 0 Å². The van der Waals surface area contributed by atoms with Gasteiger partial charge in [0, 0.05) is 31.2 Å². The number of anilines is 4. The molecule has 4 aromatic rings. The minimum atomic E-state index is -0.648. The van der Waals surface area contributed by atoms with Crippen LogP contribution in [0, 0.1) is 13.8 Å². The van der Waals surface area contributed by atoms with Crippen molar-refractivity contribution in [1.82, 2.24) is 5.32 Å². The number of ether oxygens (including phenoxy) is 1. The van der Waals surface area contributed by atoms with Crippen molar-refractivity contribution in [2.75, 3.05) is 53.8 Å². The smallest absolute Gasteiger partial charge is 0.319 e. The summed E-state index contributed by atoms with van der Waals surface area (Å²) in [6.45, 7) is 2.58. The van der Waals surface area contributed by atoms with Crippen LogP contribution >= 0.6 is 0 Å². The number of para-hydroxylation sites is 3. The molecule has 11 nitrogen and oxygen atoms in total. The molecule has 0 aromatic heterocycles. The number of benzene rings is 4. The highest BCUT2D eigenvalue weighted by Gasteiger charge is 2.25. The first-order chi connectivity index (χ1) is 22.5. The van der Waals surface area contributed by atoms with Gasteiger partial charge in [0.1, 0.15) is 12.3 Å². The van der Waals surface area contributed by atoms with Gasteiger partial charge in [-0.2, -0.15) is 0 Å². The number of aryl methyl sites for hydroxylation is 2. The quantitative estimate of drug-likeness (QED) is 0.207. The Bertz CT molecular complexity index is 1710. The van der Waals surface area contributed by atoms with E-state index in [-0.39, 0.29) is 37.1 Å². The second-order valence-electron chi connectivity index (χ2n) is 11.0. The molecule has 0 saturated carbocycles. The van der Waals surface area contributed by atoms with Crippen LogP contribution in [-0.4, -0.2) is 62.7 Å². The van der Waals surface area contributed by atoms with E-state index < -0.39 is 24.4 Å². The lowest BCUT2D eigenvalue weighted by molar-refractivity contribution is -0.121. The third kappa shape index (κ3) is 9.41. The predicted molar refractivity (Wildman–Crippen MR) is 183 cm³/mol. The van der Waals surface area contributed by atoms with Gasteiger partial charge in [-0.05, 0) is 79.1 Å². The Morgan fingerprint density at radius 3 is 2.09 bits per heavy atom. The maximum absolute atomic E-state index is 13.7. The van der Waals surface area contributed by atoms with Gasteiger partial charge in [-0.1, -0.05) is 48.5 Å². The van der Waals surface area contributed by atoms with Gasteiger partial charge in [0.2, 0.25) is 11.8 Å². The van der Waals surface area contributed by atoms with Crippen molar-refractivity contribution in [3.8, 4) is 5.75 Å². The van der Waals surface area contributed by atoms with E-state index in [1.165, 1.54) is 14.7 Å². The Kier molecular flexibility index (Phi) is 11.7. The first kappa shape index (κ1) is 34.2. The third-order valence-electron chi connectivity index (χ3n) is 7.35.